The van der Waals surface area contributed by atoms with Crippen LogP contribution in [0.2, 0.25) is 0 Å². The number of nitro benzene ring substituents is 1. The van der Waals surface area contributed by atoms with Crippen LogP contribution in [0.1, 0.15) is 11.1 Å². The minimum absolute atomic E-state index is 0.0419. The van der Waals surface area contributed by atoms with E-state index in [9.17, 15) is 10.1 Å². The first kappa shape index (κ1) is 14.9. The van der Waals surface area contributed by atoms with Crippen LogP contribution in [0.3, 0.4) is 0 Å². The monoisotopic (exact) mass is 287 g/mol. The summed E-state index contributed by atoms with van der Waals surface area (Å²) in [5.74, 6) is 0.495. The van der Waals surface area contributed by atoms with Crippen molar-refractivity contribution >= 4 is 5.69 Å². The number of pyridine rings is 1. The summed E-state index contributed by atoms with van der Waals surface area (Å²) in [4.78, 5) is 14.4. The van der Waals surface area contributed by atoms with E-state index in [1.165, 1.54) is 18.7 Å². The second kappa shape index (κ2) is 7.35. The zero-order valence-corrected chi connectivity index (χ0v) is 11.8. The van der Waals surface area contributed by atoms with E-state index < -0.39 is 4.92 Å². The summed E-state index contributed by atoms with van der Waals surface area (Å²) in [7, 11) is 1.50. The zero-order chi connectivity index (χ0) is 15.1. The highest BCUT2D eigenvalue weighted by molar-refractivity contribution is 5.42. The lowest BCUT2D eigenvalue weighted by molar-refractivity contribution is -0.385. The highest BCUT2D eigenvalue weighted by Gasteiger charge is 2.09. The van der Waals surface area contributed by atoms with E-state index in [0.29, 0.717) is 12.3 Å². The van der Waals surface area contributed by atoms with Crippen LogP contribution >= 0.6 is 0 Å². The summed E-state index contributed by atoms with van der Waals surface area (Å²) in [5.41, 5.74) is 2.07. The maximum atomic E-state index is 10.9. The summed E-state index contributed by atoms with van der Waals surface area (Å²) >= 11 is 0. The van der Waals surface area contributed by atoms with Gasteiger partial charge in [-0.1, -0.05) is 0 Å². The number of nitro groups is 1. The minimum atomic E-state index is -0.414. The van der Waals surface area contributed by atoms with Crippen molar-refractivity contribution in [3.05, 3.63) is 64.0 Å². The van der Waals surface area contributed by atoms with E-state index in [4.69, 9.17) is 4.74 Å². The molecule has 0 atom stereocenters. The molecular formula is C15H17N3O3. The molecule has 6 nitrogen and oxygen atoms in total. The number of hydrogen-bond acceptors (Lipinski definition) is 5. The summed E-state index contributed by atoms with van der Waals surface area (Å²) in [5, 5.41) is 14.1. The first-order valence-electron chi connectivity index (χ1n) is 6.61. The van der Waals surface area contributed by atoms with Crippen LogP contribution in [0.25, 0.3) is 0 Å². The molecule has 0 aliphatic carbocycles. The van der Waals surface area contributed by atoms with E-state index >= 15 is 0 Å². The quantitative estimate of drug-likeness (QED) is 0.480. The highest BCUT2D eigenvalue weighted by Crippen LogP contribution is 2.22. The van der Waals surface area contributed by atoms with E-state index in [-0.39, 0.29) is 5.69 Å². The van der Waals surface area contributed by atoms with Gasteiger partial charge in [0.2, 0.25) is 0 Å². The van der Waals surface area contributed by atoms with Gasteiger partial charge in [0, 0.05) is 25.0 Å². The molecule has 110 valence electrons. The van der Waals surface area contributed by atoms with E-state index in [1.54, 1.807) is 24.5 Å². The predicted octanol–water partition coefficient (Wildman–Crippen LogP) is 2.33. The van der Waals surface area contributed by atoms with Gasteiger partial charge in [-0.25, -0.2) is 0 Å². The third-order valence-corrected chi connectivity index (χ3v) is 3.07. The Balaban J connectivity index is 1.90. The van der Waals surface area contributed by atoms with Crippen LogP contribution in [0.5, 0.6) is 5.75 Å². The second-order valence-corrected chi connectivity index (χ2v) is 4.58. The maximum Gasteiger partial charge on any atom is 0.273 e. The molecule has 0 spiro atoms. The third-order valence-electron chi connectivity index (χ3n) is 3.07. The second-order valence-electron chi connectivity index (χ2n) is 4.58. The largest absolute Gasteiger partial charge is 0.496 e. The van der Waals surface area contributed by atoms with Gasteiger partial charge in [-0.2, -0.15) is 0 Å². The number of non-ortho nitro benzene ring substituents is 1. The van der Waals surface area contributed by atoms with Gasteiger partial charge in [-0.05, 0) is 42.3 Å². The van der Waals surface area contributed by atoms with Crippen LogP contribution in [-0.4, -0.2) is 23.6 Å². The topological polar surface area (TPSA) is 77.3 Å². The first-order chi connectivity index (χ1) is 10.2. The summed E-state index contributed by atoms with van der Waals surface area (Å²) in [6, 6.07) is 8.71. The maximum absolute atomic E-state index is 10.9. The average Bonchev–Trinajstić information content (AvgIpc) is 2.52. The number of rotatable bonds is 7. The fourth-order valence-electron chi connectivity index (χ4n) is 1.98. The molecule has 6 heteroatoms. The summed E-state index contributed by atoms with van der Waals surface area (Å²) in [6.07, 6.45) is 4.41. The molecule has 1 N–H and O–H groups in total. The molecule has 0 radical (unpaired) electrons. The molecule has 0 unspecified atom stereocenters. The normalized spacial score (nSPS) is 10.3. The number of benzene rings is 1. The van der Waals surface area contributed by atoms with Crippen molar-refractivity contribution in [1.29, 1.82) is 0 Å². The standard InChI is InChI=1S/C15H17N3O3/c1-21-15-9-13(8-14(10-15)18(19)20)11-17-7-4-12-2-5-16-6-3-12/h2-3,5-6,8-10,17H,4,7,11H2,1H3. The van der Waals surface area contributed by atoms with Crippen LogP contribution in [0, 0.1) is 10.1 Å². The molecule has 0 amide bonds. The molecule has 21 heavy (non-hydrogen) atoms. The molecule has 0 saturated heterocycles. The molecular weight excluding hydrogens is 270 g/mol. The van der Waals surface area contributed by atoms with Crippen LogP contribution in [0.4, 0.5) is 5.69 Å². The van der Waals surface area contributed by atoms with Crippen molar-refractivity contribution in [3.8, 4) is 5.75 Å². The molecule has 0 aliphatic heterocycles. The SMILES string of the molecule is COc1cc(CNCCc2ccncc2)cc([N+](=O)[O-])c1. The van der Waals surface area contributed by atoms with E-state index in [0.717, 1.165) is 18.5 Å². The molecule has 0 fully saturated rings. The lowest BCUT2D eigenvalue weighted by Crippen LogP contribution is -2.16. The number of nitrogens with zero attached hydrogens (tertiary/aromatic N) is 2. The van der Waals surface area contributed by atoms with E-state index in [1.807, 2.05) is 12.1 Å². The van der Waals surface area contributed by atoms with Gasteiger partial charge in [0.25, 0.3) is 5.69 Å². The van der Waals surface area contributed by atoms with Gasteiger partial charge < -0.3 is 10.1 Å². The summed E-state index contributed by atoms with van der Waals surface area (Å²) < 4.78 is 5.08. The molecule has 0 aliphatic rings. The van der Waals surface area contributed by atoms with Crippen molar-refractivity contribution < 1.29 is 9.66 Å². The van der Waals surface area contributed by atoms with Gasteiger partial charge in [0.05, 0.1) is 18.1 Å². The number of nitrogens with one attached hydrogen (secondary N) is 1. The Morgan fingerprint density at radius 1 is 1.24 bits per heavy atom. The Morgan fingerprint density at radius 3 is 2.67 bits per heavy atom. The molecule has 0 saturated carbocycles. The molecule has 1 heterocycles. The van der Waals surface area contributed by atoms with Crippen molar-refractivity contribution in [3.63, 3.8) is 0 Å². The minimum Gasteiger partial charge on any atom is -0.496 e. The first-order valence-corrected chi connectivity index (χ1v) is 6.61. The van der Waals surface area contributed by atoms with Crippen molar-refractivity contribution in [2.24, 2.45) is 0 Å². The highest BCUT2D eigenvalue weighted by atomic mass is 16.6. The van der Waals surface area contributed by atoms with Gasteiger partial charge in [-0.15, -0.1) is 0 Å². The van der Waals surface area contributed by atoms with Crippen molar-refractivity contribution in [2.45, 2.75) is 13.0 Å². The van der Waals surface area contributed by atoms with Crippen LogP contribution in [-0.2, 0) is 13.0 Å². The Hall–Kier alpha value is -2.47. The predicted molar refractivity (Wildman–Crippen MR) is 79.3 cm³/mol. The summed E-state index contributed by atoms with van der Waals surface area (Å²) in [6.45, 7) is 1.35. The van der Waals surface area contributed by atoms with Crippen LogP contribution < -0.4 is 10.1 Å². The fraction of sp³-hybridized carbons (Fsp3) is 0.267. The average molecular weight is 287 g/mol. The van der Waals surface area contributed by atoms with Gasteiger partial charge in [0.1, 0.15) is 5.75 Å². The number of hydrogen-bond donors (Lipinski definition) is 1. The Morgan fingerprint density at radius 2 is 2.00 bits per heavy atom. The van der Waals surface area contributed by atoms with Gasteiger partial charge >= 0.3 is 0 Å². The third kappa shape index (κ3) is 4.54. The molecule has 2 rings (SSSR count). The number of methoxy groups -OCH3 is 1. The Labute approximate surface area is 122 Å². The van der Waals surface area contributed by atoms with Gasteiger partial charge in [0.15, 0.2) is 0 Å². The molecule has 2 aromatic rings. The Kier molecular flexibility index (Phi) is 5.22. The fourth-order valence-corrected chi connectivity index (χ4v) is 1.98. The van der Waals surface area contributed by atoms with Gasteiger partial charge in [-0.3, -0.25) is 15.1 Å². The Bertz CT molecular complexity index is 602. The zero-order valence-electron chi connectivity index (χ0n) is 11.8. The van der Waals surface area contributed by atoms with Crippen LogP contribution in [0.15, 0.2) is 42.7 Å². The molecule has 0 bridgehead atoms. The van der Waals surface area contributed by atoms with E-state index in [2.05, 4.69) is 10.3 Å². The van der Waals surface area contributed by atoms with Crippen molar-refractivity contribution in [1.82, 2.24) is 10.3 Å². The molecule has 1 aromatic heterocycles. The smallest absolute Gasteiger partial charge is 0.273 e. The molecule has 1 aromatic carbocycles. The number of ether oxygens (including phenoxy) is 1. The number of aromatic nitrogens is 1. The van der Waals surface area contributed by atoms with Crippen molar-refractivity contribution in [2.75, 3.05) is 13.7 Å². The lowest BCUT2D eigenvalue weighted by atomic mass is 10.1. The lowest BCUT2D eigenvalue weighted by Gasteiger charge is -2.07.